The fourth-order valence-electron chi connectivity index (χ4n) is 5.48. The lowest BCUT2D eigenvalue weighted by Crippen LogP contribution is -2.19. The van der Waals surface area contributed by atoms with Crippen LogP contribution in [0.1, 0.15) is 11.1 Å². The fourth-order valence-corrected chi connectivity index (χ4v) is 5.48. The van der Waals surface area contributed by atoms with E-state index in [1.54, 1.807) is 36.4 Å². The minimum Gasteiger partial charge on any atom is -0.203 e. The molecule has 0 amide bonds. The van der Waals surface area contributed by atoms with Gasteiger partial charge in [-0.2, -0.15) is 31.6 Å². The summed E-state index contributed by atoms with van der Waals surface area (Å²) in [6.45, 7) is 0. The summed E-state index contributed by atoms with van der Waals surface area (Å²) in [5.74, 6) is -23.4. The Bertz CT molecular complexity index is 2630. The quantitative estimate of drug-likeness (QED) is 0.104. The molecule has 0 aliphatic rings. The maximum Gasteiger partial charge on any atom is 0.200 e. The average molecular weight is 739 g/mol. The zero-order valence-electron chi connectivity index (χ0n) is 26.1. The third-order valence-corrected chi connectivity index (χ3v) is 7.89. The summed E-state index contributed by atoms with van der Waals surface area (Å²) in [5, 5.41) is 58.0. The first-order valence-electron chi connectivity index (χ1n) is 14.4. The van der Waals surface area contributed by atoms with E-state index in [1.165, 1.54) is 0 Å². The summed E-state index contributed by atoms with van der Waals surface area (Å²) in [6.07, 6.45) is 0. The molecule has 16 heteroatoms. The van der Waals surface area contributed by atoms with Gasteiger partial charge < -0.3 is 0 Å². The van der Waals surface area contributed by atoms with E-state index in [2.05, 4.69) is 0 Å². The number of nitriles is 6. The number of benzene rings is 5. The van der Waals surface area contributed by atoms with Crippen LogP contribution in [0.3, 0.4) is 0 Å². The van der Waals surface area contributed by atoms with E-state index in [9.17, 15) is 75.5 Å². The van der Waals surface area contributed by atoms with Crippen LogP contribution in [0.15, 0.2) is 48.5 Å². The molecule has 0 unspecified atom stereocenters. The van der Waals surface area contributed by atoms with Crippen LogP contribution < -0.4 is 10.4 Å². The third-order valence-electron chi connectivity index (χ3n) is 7.89. The molecule has 0 fully saturated rings. The zero-order valence-corrected chi connectivity index (χ0v) is 26.1. The highest BCUT2D eigenvalue weighted by Crippen LogP contribution is 2.36. The predicted molar refractivity (Wildman–Crippen MR) is 166 cm³/mol. The fraction of sp³-hybridized carbons (Fsp3) is 0. The Morgan fingerprint density at radius 2 is 0.593 bits per heavy atom. The Labute approximate surface area is 295 Å². The number of hydrogen-bond acceptors (Lipinski definition) is 6. The van der Waals surface area contributed by atoms with Crippen molar-refractivity contribution in [2.45, 2.75) is 0 Å². The first-order chi connectivity index (χ1) is 25.7. The summed E-state index contributed by atoms with van der Waals surface area (Å²) < 4.78 is 144. The van der Waals surface area contributed by atoms with Gasteiger partial charge in [-0.25, -0.2) is 43.9 Å². The normalized spacial score (nSPS) is 10.3. The molecule has 0 N–H and O–H groups in total. The average Bonchev–Trinajstić information content (AvgIpc) is 3.18. The van der Waals surface area contributed by atoms with Crippen LogP contribution in [0.5, 0.6) is 0 Å². The van der Waals surface area contributed by atoms with Gasteiger partial charge in [-0.3, -0.25) is 0 Å². The van der Waals surface area contributed by atoms with Crippen molar-refractivity contribution >= 4 is 11.1 Å². The smallest absolute Gasteiger partial charge is 0.200 e. The molecule has 0 heterocycles. The van der Waals surface area contributed by atoms with E-state index < -0.39 is 113 Å². The van der Waals surface area contributed by atoms with Crippen LogP contribution in [0.2, 0.25) is 0 Å². The highest BCUT2D eigenvalue weighted by molar-refractivity contribution is 5.87. The van der Waals surface area contributed by atoms with Crippen molar-refractivity contribution in [1.29, 1.82) is 31.6 Å². The second-order valence-electron chi connectivity index (χ2n) is 10.9. The highest BCUT2D eigenvalue weighted by atomic mass is 19.2. The third kappa shape index (κ3) is 6.07. The van der Waals surface area contributed by atoms with Crippen molar-refractivity contribution < 1.29 is 43.9 Å². The van der Waals surface area contributed by atoms with E-state index in [4.69, 9.17) is 0 Å². The van der Waals surface area contributed by atoms with Gasteiger partial charge in [0.05, 0.1) is 34.4 Å². The molecule has 54 heavy (non-hydrogen) atoms. The van der Waals surface area contributed by atoms with Crippen molar-refractivity contribution in [2.24, 2.45) is 0 Å². The second-order valence-corrected chi connectivity index (χ2v) is 10.9. The Kier molecular flexibility index (Phi) is 9.93. The molecule has 0 radical (unpaired) electrons. The molecule has 0 aliphatic heterocycles. The van der Waals surface area contributed by atoms with Gasteiger partial charge in [0.2, 0.25) is 11.6 Å². The van der Waals surface area contributed by atoms with Gasteiger partial charge in [-0.15, -0.1) is 0 Å². The van der Waals surface area contributed by atoms with Crippen LogP contribution in [0.25, 0.3) is 55.7 Å². The van der Waals surface area contributed by atoms with Crippen LogP contribution in [-0.4, -0.2) is 0 Å². The topological polar surface area (TPSA) is 143 Å². The van der Waals surface area contributed by atoms with Crippen molar-refractivity contribution in [1.82, 2.24) is 0 Å². The van der Waals surface area contributed by atoms with E-state index in [0.717, 1.165) is 48.5 Å². The van der Waals surface area contributed by atoms with E-state index in [0.29, 0.717) is 0 Å². The molecule has 6 nitrogen and oxygen atoms in total. The summed E-state index contributed by atoms with van der Waals surface area (Å²) in [4.78, 5) is 0. The minimum absolute atomic E-state index is 0.345. The SMILES string of the molecule is N#CC(C#N)=c1cc(-c2cc(C#N)cc(-c3c(F)c(F)c(F)c(F)c3F)c2)c(=C(C#N)C#N)cc1-c1cc(C#N)cc(-c2c(F)c(F)c(F)c(F)c2F)c1. The van der Waals surface area contributed by atoms with Gasteiger partial charge in [-0.1, -0.05) is 0 Å². The standard InChI is InChI=1S/C38H8F10N6/c39-29-27(30(40)34(44)37(47)33(29)43)19-3-15(9-49)1-17(5-19)23-7-26(22(13-53)14-54)24(8-25(23)21(11-51)12-52)18-2-16(10-50)4-20(6-18)28-31(41)35(45)38(48)36(46)32(28)42/h1-8H. The Morgan fingerprint density at radius 1 is 0.333 bits per heavy atom. The van der Waals surface area contributed by atoms with Gasteiger partial charge in [0, 0.05) is 10.4 Å². The largest absolute Gasteiger partial charge is 0.203 e. The molecule has 0 aromatic heterocycles. The van der Waals surface area contributed by atoms with Gasteiger partial charge >= 0.3 is 0 Å². The molecular weight excluding hydrogens is 730 g/mol. The minimum atomic E-state index is -2.48. The molecular formula is C38H8F10N6. The molecule has 0 spiro atoms. The lowest BCUT2D eigenvalue weighted by Gasteiger charge is -2.14. The summed E-state index contributed by atoms with van der Waals surface area (Å²) in [5.41, 5.74) is -8.30. The van der Waals surface area contributed by atoms with Crippen LogP contribution in [0, 0.1) is 126 Å². The molecule has 5 rings (SSSR count). The van der Waals surface area contributed by atoms with Crippen molar-refractivity contribution in [3.8, 4) is 80.9 Å². The van der Waals surface area contributed by atoms with Gasteiger partial charge in [-0.05, 0) is 81.9 Å². The number of nitrogens with zero attached hydrogens (tertiary/aromatic N) is 6. The number of hydrogen-bond donors (Lipinski definition) is 0. The first kappa shape index (κ1) is 37.3. The molecule has 0 bridgehead atoms. The van der Waals surface area contributed by atoms with E-state index in [1.807, 2.05) is 0 Å². The Morgan fingerprint density at radius 3 is 0.852 bits per heavy atom. The second kappa shape index (κ2) is 14.4. The van der Waals surface area contributed by atoms with Gasteiger partial charge in [0.1, 0.15) is 35.4 Å². The predicted octanol–water partition coefficient (Wildman–Crippen LogP) is 7.88. The van der Waals surface area contributed by atoms with Crippen LogP contribution in [0.4, 0.5) is 43.9 Å². The lowest BCUT2D eigenvalue weighted by atomic mass is 9.89. The molecule has 260 valence electrons. The summed E-state index contributed by atoms with van der Waals surface area (Å²) in [7, 11) is 0. The van der Waals surface area contributed by atoms with Crippen LogP contribution >= 0.6 is 0 Å². The molecule has 5 aromatic carbocycles. The lowest BCUT2D eigenvalue weighted by molar-refractivity contribution is 0.381. The Balaban J connectivity index is 1.98. The first-order valence-corrected chi connectivity index (χ1v) is 14.4. The number of rotatable bonds is 4. The van der Waals surface area contributed by atoms with Crippen molar-refractivity contribution in [3.05, 3.63) is 128 Å². The van der Waals surface area contributed by atoms with Crippen molar-refractivity contribution in [3.63, 3.8) is 0 Å². The molecule has 0 atom stereocenters. The van der Waals surface area contributed by atoms with E-state index in [-0.39, 0.29) is 22.3 Å². The molecule has 5 aromatic rings. The van der Waals surface area contributed by atoms with Gasteiger partial charge in [0.15, 0.2) is 46.5 Å². The van der Waals surface area contributed by atoms with Crippen LogP contribution in [-0.2, 0) is 0 Å². The summed E-state index contributed by atoms with van der Waals surface area (Å²) >= 11 is 0. The maximum absolute atomic E-state index is 14.9. The van der Waals surface area contributed by atoms with Crippen molar-refractivity contribution in [2.75, 3.05) is 0 Å². The zero-order chi connectivity index (χ0) is 39.8. The van der Waals surface area contributed by atoms with Gasteiger partial charge in [0.25, 0.3) is 0 Å². The molecule has 0 saturated heterocycles. The number of halogens is 10. The Hall–Kier alpha value is -7.92. The molecule has 0 aliphatic carbocycles. The summed E-state index contributed by atoms with van der Waals surface area (Å²) in [6, 6.07) is 16.5. The maximum atomic E-state index is 14.9. The highest BCUT2D eigenvalue weighted by Gasteiger charge is 2.29. The molecule has 0 saturated carbocycles. The van der Waals surface area contributed by atoms with E-state index >= 15 is 0 Å². The monoisotopic (exact) mass is 738 g/mol.